The maximum atomic E-state index is 13.5. The molecule has 2 aromatic carbocycles. The quantitative estimate of drug-likeness (QED) is 0.294. The number of amides is 3. The third-order valence-electron chi connectivity index (χ3n) is 4.64. The molecule has 1 atom stereocenters. The second kappa shape index (κ2) is 7.15. The Kier molecular flexibility index (Phi) is 4.87. The summed E-state index contributed by atoms with van der Waals surface area (Å²) in [5.41, 5.74) is 9.16. The number of rotatable bonds is 6. The summed E-state index contributed by atoms with van der Waals surface area (Å²) in [6.07, 6.45) is 0.512. The van der Waals surface area contributed by atoms with E-state index in [1.807, 2.05) is 12.1 Å². The number of hydrogen-bond donors (Lipinski definition) is 3. The number of aliphatic imine (C=N–C) groups is 1. The third kappa shape index (κ3) is 3.20. The molecule has 0 spiro atoms. The monoisotopic (exact) mass is 379 g/mol. The number of carbonyl (C=O) groups excluding carboxylic acids is 3. The first kappa shape index (κ1) is 19.1. The molecule has 5 N–H and O–H groups in total. The topological polar surface area (TPSA) is 131 Å². The zero-order chi connectivity index (χ0) is 20.4. The predicted octanol–water partition coefficient (Wildman–Crippen LogP) is 0.713. The van der Waals surface area contributed by atoms with E-state index in [1.54, 1.807) is 48.5 Å². The van der Waals surface area contributed by atoms with Crippen LogP contribution in [0.25, 0.3) is 0 Å². The fourth-order valence-electron chi connectivity index (χ4n) is 3.37. The van der Waals surface area contributed by atoms with E-state index in [0.717, 1.165) is 4.90 Å². The minimum atomic E-state index is -1.45. The molecule has 0 unspecified atom stereocenters. The fraction of sp³-hybridized carbons (Fsp3) is 0.200. The van der Waals surface area contributed by atoms with Gasteiger partial charge in [0.1, 0.15) is 11.8 Å². The molecule has 1 heterocycles. The van der Waals surface area contributed by atoms with Gasteiger partial charge in [0.15, 0.2) is 11.5 Å². The molecular formula is C20H21N5O3. The van der Waals surface area contributed by atoms with Crippen molar-refractivity contribution in [1.29, 1.82) is 0 Å². The van der Waals surface area contributed by atoms with Crippen LogP contribution < -0.4 is 16.8 Å². The van der Waals surface area contributed by atoms with E-state index in [-0.39, 0.29) is 12.5 Å². The fourth-order valence-corrected chi connectivity index (χ4v) is 3.37. The first-order valence-corrected chi connectivity index (χ1v) is 8.65. The lowest BCUT2D eigenvalue weighted by Gasteiger charge is -2.29. The number of benzene rings is 2. The van der Waals surface area contributed by atoms with Gasteiger partial charge in [0.25, 0.3) is 5.91 Å². The minimum Gasteiger partial charge on any atom is -0.370 e. The zero-order valence-corrected chi connectivity index (χ0v) is 15.3. The Hall–Kier alpha value is -3.68. The van der Waals surface area contributed by atoms with Crippen molar-refractivity contribution in [2.75, 3.05) is 6.54 Å². The number of carbonyl (C=O) groups is 3. The Bertz CT molecular complexity index is 886. The number of nitrogens with two attached hydrogens (primary N) is 2. The van der Waals surface area contributed by atoms with Crippen LogP contribution in [0.4, 0.5) is 4.79 Å². The highest BCUT2D eigenvalue weighted by atomic mass is 16.2. The van der Waals surface area contributed by atoms with Crippen LogP contribution >= 0.6 is 0 Å². The predicted molar refractivity (Wildman–Crippen MR) is 104 cm³/mol. The van der Waals surface area contributed by atoms with Crippen LogP contribution in [0.1, 0.15) is 18.1 Å². The molecular weight excluding hydrogens is 358 g/mol. The molecule has 28 heavy (non-hydrogen) atoms. The molecule has 0 aliphatic carbocycles. The lowest BCUT2D eigenvalue weighted by atomic mass is 9.82. The van der Waals surface area contributed by atoms with Gasteiger partial charge in [0.2, 0.25) is 0 Å². The van der Waals surface area contributed by atoms with Crippen LogP contribution in [-0.4, -0.2) is 41.2 Å². The minimum absolute atomic E-state index is 0.291. The van der Waals surface area contributed by atoms with E-state index in [0.29, 0.717) is 17.4 Å². The Balaban J connectivity index is 2.10. The van der Waals surface area contributed by atoms with Gasteiger partial charge in [-0.25, -0.2) is 9.79 Å². The van der Waals surface area contributed by atoms with Crippen LogP contribution in [0.15, 0.2) is 65.7 Å². The van der Waals surface area contributed by atoms with E-state index in [1.165, 1.54) is 6.92 Å². The van der Waals surface area contributed by atoms with Gasteiger partial charge in [-0.05, 0) is 18.1 Å². The second-order valence-electron chi connectivity index (χ2n) is 6.82. The van der Waals surface area contributed by atoms with Gasteiger partial charge in [-0.2, -0.15) is 0 Å². The molecule has 144 valence electrons. The summed E-state index contributed by atoms with van der Waals surface area (Å²) in [5, 5.41) is 2.81. The number of nitrogens with one attached hydrogen (secondary N) is 1. The van der Waals surface area contributed by atoms with E-state index < -0.39 is 23.0 Å². The molecule has 1 aliphatic heterocycles. The molecule has 8 nitrogen and oxygen atoms in total. The standard InChI is InChI=1S/C20H21N5O3/c1-19(13-26,23-17(21)22)12-25-16(27)20(24-18(25)28,14-8-4-2-5-9-14)15-10-6-3-7-11-15/h2-11,13H,12H2,1H3,(H,24,28)(H4,21,22,23)/t19-/m1/s1. The Morgan fingerprint density at radius 2 is 1.57 bits per heavy atom. The molecule has 8 heteroatoms. The molecule has 0 radical (unpaired) electrons. The normalized spacial score (nSPS) is 17.5. The first-order valence-electron chi connectivity index (χ1n) is 8.65. The lowest BCUT2D eigenvalue weighted by molar-refractivity contribution is -0.131. The van der Waals surface area contributed by atoms with Gasteiger partial charge < -0.3 is 21.6 Å². The molecule has 0 saturated carbocycles. The van der Waals surface area contributed by atoms with Gasteiger partial charge >= 0.3 is 6.03 Å². The first-order chi connectivity index (χ1) is 13.3. The van der Waals surface area contributed by atoms with Crippen molar-refractivity contribution in [3.8, 4) is 0 Å². The summed E-state index contributed by atoms with van der Waals surface area (Å²) in [4.78, 5) is 42.8. The second-order valence-corrected chi connectivity index (χ2v) is 6.82. The average Bonchev–Trinajstić information content (AvgIpc) is 2.94. The SMILES string of the molecule is C[C@](C=O)(CN1C(=O)NC(c2ccccc2)(c2ccccc2)C1=O)N=C(N)N. The third-order valence-corrected chi connectivity index (χ3v) is 4.64. The number of aldehydes is 1. The maximum Gasteiger partial charge on any atom is 0.325 e. The molecule has 3 amide bonds. The smallest absolute Gasteiger partial charge is 0.325 e. The van der Waals surface area contributed by atoms with Crippen molar-refractivity contribution >= 4 is 24.2 Å². The molecule has 3 rings (SSSR count). The molecule has 0 bridgehead atoms. The molecule has 1 fully saturated rings. The lowest BCUT2D eigenvalue weighted by Crippen LogP contribution is -2.48. The van der Waals surface area contributed by atoms with Crippen molar-refractivity contribution in [1.82, 2.24) is 10.2 Å². The molecule has 1 aliphatic rings. The van der Waals surface area contributed by atoms with Crippen molar-refractivity contribution < 1.29 is 14.4 Å². The Labute approximate surface area is 162 Å². The van der Waals surface area contributed by atoms with Crippen LogP contribution in [-0.2, 0) is 15.1 Å². The van der Waals surface area contributed by atoms with Gasteiger partial charge in [0.05, 0.1) is 6.54 Å². The number of hydrogen-bond acceptors (Lipinski definition) is 4. The van der Waals surface area contributed by atoms with E-state index in [9.17, 15) is 14.4 Å². The summed E-state index contributed by atoms with van der Waals surface area (Å²) in [5.74, 6) is -0.812. The summed E-state index contributed by atoms with van der Waals surface area (Å²) in [7, 11) is 0. The number of guanidine groups is 1. The van der Waals surface area contributed by atoms with Crippen LogP contribution in [0.5, 0.6) is 0 Å². The van der Waals surface area contributed by atoms with Gasteiger partial charge in [0, 0.05) is 0 Å². The number of imide groups is 1. The summed E-state index contributed by atoms with van der Waals surface area (Å²) >= 11 is 0. The largest absolute Gasteiger partial charge is 0.370 e. The van der Waals surface area contributed by atoms with Crippen LogP contribution in [0.2, 0.25) is 0 Å². The zero-order valence-electron chi connectivity index (χ0n) is 15.3. The van der Waals surface area contributed by atoms with E-state index >= 15 is 0 Å². The van der Waals surface area contributed by atoms with Crippen molar-refractivity contribution in [2.45, 2.75) is 18.0 Å². The Morgan fingerprint density at radius 3 is 2.00 bits per heavy atom. The number of urea groups is 1. The average molecular weight is 379 g/mol. The molecule has 0 aromatic heterocycles. The Morgan fingerprint density at radius 1 is 1.07 bits per heavy atom. The maximum absolute atomic E-state index is 13.5. The van der Waals surface area contributed by atoms with Gasteiger partial charge in [-0.1, -0.05) is 60.7 Å². The van der Waals surface area contributed by atoms with Crippen molar-refractivity contribution in [3.63, 3.8) is 0 Å². The highest BCUT2D eigenvalue weighted by Gasteiger charge is 2.54. The van der Waals surface area contributed by atoms with Gasteiger partial charge in [-0.3, -0.25) is 9.69 Å². The van der Waals surface area contributed by atoms with Crippen molar-refractivity contribution in [3.05, 3.63) is 71.8 Å². The molecule has 1 saturated heterocycles. The van der Waals surface area contributed by atoms with Crippen LogP contribution in [0.3, 0.4) is 0 Å². The van der Waals surface area contributed by atoms with Crippen LogP contribution in [0, 0.1) is 0 Å². The summed E-state index contributed by atoms with van der Waals surface area (Å²) in [6, 6.07) is 17.2. The summed E-state index contributed by atoms with van der Waals surface area (Å²) < 4.78 is 0. The number of nitrogens with zero attached hydrogens (tertiary/aromatic N) is 2. The van der Waals surface area contributed by atoms with Crippen molar-refractivity contribution in [2.24, 2.45) is 16.5 Å². The summed E-state index contributed by atoms with van der Waals surface area (Å²) in [6.45, 7) is 1.16. The van der Waals surface area contributed by atoms with E-state index in [2.05, 4.69) is 10.3 Å². The van der Waals surface area contributed by atoms with E-state index in [4.69, 9.17) is 11.5 Å². The highest BCUT2D eigenvalue weighted by Crippen LogP contribution is 2.36. The highest BCUT2D eigenvalue weighted by molar-refractivity contribution is 6.10. The van der Waals surface area contributed by atoms with Gasteiger partial charge in [-0.15, -0.1) is 0 Å². The molecule has 2 aromatic rings.